The van der Waals surface area contributed by atoms with Gasteiger partial charge in [-0.05, 0) is 55.7 Å². The van der Waals surface area contributed by atoms with Crippen LogP contribution in [0.2, 0.25) is 10.0 Å². The molecule has 1 saturated heterocycles. The van der Waals surface area contributed by atoms with E-state index in [1.165, 1.54) is 19.3 Å². The number of fused-ring (bicyclic) bond motifs is 1. The van der Waals surface area contributed by atoms with Crippen LogP contribution in [0.4, 0.5) is 17.2 Å². The Hall–Kier alpha value is -3.42. The molecule has 0 spiro atoms. The fraction of sp³-hybridized carbons (Fsp3) is 0.259. The number of anilines is 3. The summed E-state index contributed by atoms with van der Waals surface area (Å²) < 4.78 is 0. The van der Waals surface area contributed by atoms with Crippen LogP contribution >= 0.6 is 23.2 Å². The van der Waals surface area contributed by atoms with E-state index in [2.05, 4.69) is 20.2 Å². The molecule has 1 aromatic carbocycles. The molecule has 4 heterocycles. The summed E-state index contributed by atoms with van der Waals surface area (Å²) in [5.74, 6) is 0.724. The number of Topliss-reactive ketones (excluding diaryl/α,β-unsaturated/α-hetero) is 1. The molecule has 0 bridgehead atoms. The number of halogens is 2. The summed E-state index contributed by atoms with van der Waals surface area (Å²) in [6.07, 6.45) is 7.31. The maximum absolute atomic E-state index is 12.8. The average molecular weight is 522 g/mol. The molecule has 1 aliphatic heterocycles. The van der Waals surface area contributed by atoms with E-state index in [1.807, 2.05) is 25.1 Å². The summed E-state index contributed by atoms with van der Waals surface area (Å²) in [5.41, 5.74) is 4.14. The number of rotatable bonds is 6. The van der Waals surface area contributed by atoms with Gasteiger partial charge in [0.05, 0.1) is 44.4 Å². The molecule has 1 fully saturated rings. The highest BCUT2D eigenvalue weighted by Gasteiger charge is 2.18. The van der Waals surface area contributed by atoms with Gasteiger partial charge < -0.3 is 15.3 Å². The first-order valence-electron chi connectivity index (χ1n) is 11.9. The lowest BCUT2D eigenvalue weighted by Gasteiger charge is -2.27. The number of hydrogen-bond donors (Lipinski definition) is 2. The van der Waals surface area contributed by atoms with Gasteiger partial charge in [-0.2, -0.15) is 0 Å². The molecule has 4 aromatic rings. The van der Waals surface area contributed by atoms with Crippen molar-refractivity contribution >= 4 is 57.2 Å². The van der Waals surface area contributed by atoms with Gasteiger partial charge in [0.25, 0.3) is 0 Å². The number of aromatic nitrogens is 3. The Labute approximate surface area is 219 Å². The second-order valence-corrected chi connectivity index (χ2v) is 9.57. The summed E-state index contributed by atoms with van der Waals surface area (Å²) in [4.78, 5) is 29.1. The van der Waals surface area contributed by atoms with Crippen molar-refractivity contribution in [2.75, 3.05) is 23.3 Å². The van der Waals surface area contributed by atoms with E-state index < -0.39 is 0 Å². The van der Waals surface area contributed by atoms with E-state index in [0.717, 1.165) is 24.6 Å². The lowest BCUT2D eigenvalue weighted by Crippen LogP contribution is -2.29. The van der Waals surface area contributed by atoms with E-state index >= 15 is 0 Å². The molecule has 0 unspecified atom stereocenters. The summed E-state index contributed by atoms with van der Waals surface area (Å²) in [7, 11) is 0. The third kappa shape index (κ3) is 4.81. The quantitative estimate of drug-likeness (QED) is 0.263. The van der Waals surface area contributed by atoms with Gasteiger partial charge in [-0.3, -0.25) is 9.78 Å². The molecular weight excluding hydrogens is 497 g/mol. The Morgan fingerprint density at radius 2 is 1.78 bits per heavy atom. The Kier molecular flexibility index (Phi) is 6.94. The van der Waals surface area contributed by atoms with Crippen molar-refractivity contribution in [3.63, 3.8) is 0 Å². The molecule has 7 nitrogen and oxygen atoms in total. The van der Waals surface area contributed by atoms with Crippen LogP contribution in [-0.2, 0) is 0 Å². The fourth-order valence-corrected chi connectivity index (χ4v) is 4.87. The van der Waals surface area contributed by atoms with Crippen molar-refractivity contribution in [1.29, 1.82) is 0 Å². The number of carbonyl (C=O) groups excluding carboxylic acids is 1. The van der Waals surface area contributed by atoms with Crippen molar-refractivity contribution in [3.05, 3.63) is 64.4 Å². The van der Waals surface area contributed by atoms with Crippen LogP contribution < -0.4 is 10.2 Å². The van der Waals surface area contributed by atoms with Gasteiger partial charge in [0, 0.05) is 31.3 Å². The van der Waals surface area contributed by atoms with Crippen LogP contribution in [0.15, 0.2) is 48.8 Å². The topological polar surface area (TPSA) is 91.2 Å². The molecule has 3 aromatic heterocycles. The average Bonchev–Trinajstić information content (AvgIpc) is 2.92. The number of piperidine rings is 1. The molecule has 36 heavy (non-hydrogen) atoms. The third-order valence-corrected chi connectivity index (χ3v) is 6.92. The normalized spacial score (nSPS) is 13.7. The summed E-state index contributed by atoms with van der Waals surface area (Å²) >= 11 is 12.3. The van der Waals surface area contributed by atoms with Crippen LogP contribution in [0.5, 0.6) is 5.75 Å². The second kappa shape index (κ2) is 10.3. The Bertz CT molecular complexity index is 1410. The monoisotopic (exact) mass is 521 g/mol. The Morgan fingerprint density at radius 1 is 1.03 bits per heavy atom. The number of carbonyl (C=O) groups is 1. The molecule has 0 aliphatic carbocycles. The first-order valence-corrected chi connectivity index (χ1v) is 12.7. The number of nitrogens with zero attached hydrogens (tertiary/aromatic N) is 4. The predicted octanol–water partition coefficient (Wildman–Crippen LogP) is 7.03. The lowest BCUT2D eigenvalue weighted by atomic mass is 10.1. The lowest BCUT2D eigenvalue weighted by molar-refractivity contribution is 0.0988. The summed E-state index contributed by atoms with van der Waals surface area (Å²) in [6, 6.07) is 10.8. The molecule has 0 radical (unpaired) electrons. The first-order chi connectivity index (χ1) is 17.4. The predicted molar refractivity (Wildman–Crippen MR) is 145 cm³/mol. The van der Waals surface area contributed by atoms with Crippen molar-refractivity contribution in [3.8, 4) is 17.0 Å². The van der Waals surface area contributed by atoms with Crippen LogP contribution in [0.3, 0.4) is 0 Å². The zero-order valence-corrected chi connectivity index (χ0v) is 21.3. The maximum Gasteiger partial charge on any atom is 0.166 e. The Morgan fingerprint density at radius 3 is 2.44 bits per heavy atom. The van der Waals surface area contributed by atoms with Crippen LogP contribution in [0.25, 0.3) is 22.3 Å². The van der Waals surface area contributed by atoms with Gasteiger partial charge in [0.1, 0.15) is 11.3 Å². The molecule has 5 rings (SSSR count). The van der Waals surface area contributed by atoms with Crippen LogP contribution in [-0.4, -0.2) is 38.9 Å². The number of aromatic hydroxyl groups is 1. The molecule has 0 saturated carbocycles. The highest BCUT2D eigenvalue weighted by Crippen LogP contribution is 2.37. The largest absolute Gasteiger partial charge is 0.505 e. The number of phenolic OH excluding ortho intramolecular Hbond substituents is 1. The van der Waals surface area contributed by atoms with Gasteiger partial charge in [-0.15, -0.1) is 0 Å². The minimum absolute atomic E-state index is 0.0484. The second-order valence-electron chi connectivity index (χ2n) is 8.75. The van der Waals surface area contributed by atoms with E-state index in [1.54, 1.807) is 30.6 Å². The summed E-state index contributed by atoms with van der Waals surface area (Å²) in [6.45, 7) is 3.85. The van der Waals surface area contributed by atoms with Gasteiger partial charge in [-0.25, -0.2) is 9.97 Å². The molecule has 1 aliphatic rings. The molecule has 0 atom stereocenters. The SMILES string of the molecule is CCC(=O)c1cnc2ccc(-c3cc(Cl)c(O)c(Cl)c3)nc2c1Nc1ccc(N2CCCCC2)nc1. The molecule has 184 valence electrons. The van der Waals surface area contributed by atoms with Crippen LogP contribution in [0, 0.1) is 0 Å². The standard InChI is InChI=1S/C27H25Cl2N5O2/c1-2-23(35)18-15-30-22-8-7-21(16-12-19(28)27(36)20(29)13-16)33-26(22)25(18)32-17-6-9-24(31-14-17)34-10-4-3-5-11-34/h6-9,12-15,36H,2-5,10-11H2,1H3,(H,30,32). The highest BCUT2D eigenvalue weighted by molar-refractivity contribution is 6.37. The number of benzene rings is 1. The zero-order chi connectivity index (χ0) is 25.2. The minimum atomic E-state index is -0.178. The van der Waals surface area contributed by atoms with Gasteiger partial charge in [0.15, 0.2) is 11.5 Å². The van der Waals surface area contributed by atoms with Crippen molar-refractivity contribution < 1.29 is 9.90 Å². The van der Waals surface area contributed by atoms with Crippen LogP contribution in [0.1, 0.15) is 43.0 Å². The Balaban J connectivity index is 1.57. The number of hydrogen-bond acceptors (Lipinski definition) is 7. The molecular formula is C27H25Cl2N5O2. The molecule has 2 N–H and O–H groups in total. The number of phenols is 1. The van der Waals surface area contributed by atoms with E-state index in [9.17, 15) is 9.90 Å². The third-order valence-electron chi connectivity index (χ3n) is 6.34. The maximum atomic E-state index is 12.8. The van der Waals surface area contributed by atoms with Crippen molar-refractivity contribution in [1.82, 2.24) is 15.0 Å². The van der Waals surface area contributed by atoms with Crippen molar-refractivity contribution in [2.45, 2.75) is 32.6 Å². The molecule has 0 amide bonds. The molecule has 9 heteroatoms. The zero-order valence-electron chi connectivity index (χ0n) is 19.8. The van der Waals surface area contributed by atoms with Gasteiger partial charge >= 0.3 is 0 Å². The van der Waals surface area contributed by atoms with E-state index in [4.69, 9.17) is 28.2 Å². The number of pyridine rings is 3. The smallest absolute Gasteiger partial charge is 0.166 e. The minimum Gasteiger partial charge on any atom is -0.505 e. The van der Waals surface area contributed by atoms with Gasteiger partial charge in [-0.1, -0.05) is 30.1 Å². The van der Waals surface area contributed by atoms with Gasteiger partial charge in [0.2, 0.25) is 0 Å². The fourth-order valence-electron chi connectivity index (χ4n) is 4.38. The first kappa shape index (κ1) is 24.3. The highest BCUT2D eigenvalue weighted by atomic mass is 35.5. The number of ketones is 1. The van der Waals surface area contributed by atoms with E-state index in [-0.39, 0.29) is 21.6 Å². The summed E-state index contributed by atoms with van der Waals surface area (Å²) in [5, 5.41) is 13.6. The van der Waals surface area contributed by atoms with Crippen molar-refractivity contribution in [2.24, 2.45) is 0 Å². The van der Waals surface area contributed by atoms with E-state index in [0.29, 0.717) is 40.0 Å². The number of nitrogens with one attached hydrogen (secondary N) is 1.